The number of fused-ring (bicyclic) bond motifs is 3. The highest BCUT2D eigenvalue weighted by molar-refractivity contribution is 7.90. The molecule has 6 aromatic carbocycles. The molecular weight excluding hydrogens is 1750 g/mol. The van der Waals surface area contributed by atoms with E-state index in [1.165, 1.54) is 6.07 Å². The van der Waals surface area contributed by atoms with Gasteiger partial charge in [-0.3, -0.25) is 14.4 Å². The molecule has 36 heteroatoms. The lowest BCUT2D eigenvalue weighted by molar-refractivity contribution is -0.144. The number of carboxylic acid groups (broad SMARTS) is 1. The summed E-state index contributed by atoms with van der Waals surface area (Å²) in [5.74, 6) is -2.20. The minimum atomic E-state index is -3.90. The number of rotatable bonds is 56. The van der Waals surface area contributed by atoms with Gasteiger partial charge in [0.05, 0.1) is 80.8 Å². The van der Waals surface area contributed by atoms with E-state index in [9.17, 15) is 54.3 Å². The Kier molecular flexibility index (Phi) is 41.2. The Hall–Kier alpha value is -6.35. The van der Waals surface area contributed by atoms with E-state index in [0.717, 1.165) is 55.6 Å². The molecule has 0 saturated carbocycles. The van der Waals surface area contributed by atoms with E-state index in [1.54, 1.807) is 60.7 Å². The third kappa shape index (κ3) is 32.7. The number of aryl methyl sites for hydroxylation is 1. The molecule has 3 aliphatic rings. The summed E-state index contributed by atoms with van der Waals surface area (Å²) < 4.78 is 128. The molecule has 28 nitrogen and oxygen atoms in total. The minimum Gasteiger partial charge on any atom is -0.480 e. The van der Waals surface area contributed by atoms with Crippen molar-refractivity contribution >= 4 is 118 Å². The van der Waals surface area contributed by atoms with Crippen molar-refractivity contribution in [1.29, 1.82) is 0 Å². The van der Waals surface area contributed by atoms with Gasteiger partial charge in [-0.25, -0.2) is 49.0 Å². The van der Waals surface area contributed by atoms with Gasteiger partial charge in [0.2, 0.25) is 36.0 Å². The number of hydrogen-bond acceptors (Lipinski definition) is 21. The van der Waals surface area contributed by atoms with Gasteiger partial charge in [0, 0.05) is 159 Å². The van der Waals surface area contributed by atoms with Gasteiger partial charge in [0.15, 0.2) is 0 Å². The number of unbranched alkanes of at least 4 members (excludes halogenated alkanes) is 2. The Balaban J connectivity index is 0.682. The number of urea groups is 1. The number of carbonyl (C=O) groups excluding carboxylic acids is 4. The van der Waals surface area contributed by atoms with Crippen LogP contribution in [0.1, 0.15) is 157 Å². The molecule has 0 bridgehead atoms. The molecule has 4 atom stereocenters. The fraction of sp³-hybridized carbons (Fsp3) is 0.529. The number of carbonyl (C=O) groups is 5. The van der Waals surface area contributed by atoms with Gasteiger partial charge in [-0.1, -0.05) is 113 Å². The molecule has 1 unspecified atom stereocenters. The van der Waals surface area contributed by atoms with Crippen molar-refractivity contribution in [2.75, 3.05) is 166 Å². The van der Waals surface area contributed by atoms with Crippen LogP contribution in [0.15, 0.2) is 124 Å². The van der Waals surface area contributed by atoms with Crippen LogP contribution in [0.2, 0.25) is 25.1 Å². The van der Waals surface area contributed by atoms with Crippen LogP contribution in [0.5, 0.6) is 0 Å². The van der Waals surface area contributed by atoms with E-state index >= 15 is 0 Å². The van der Waals surface area contributed by atoms with Gasteiger partial charge in [0.1, 0.15) is 24.8 Å². The first-order valence-corrected chi connectivity index (χ1v) is 47.9. The second kappa shape index (κ2) is 50.4. The predicted octanol–water partition coefficient (Wildman–Crippen LogP) is 11.8. The molecule has 0 saturated heterocycles. The fourth-order valence-corrected chi connectivity index (χ4v) is 20.3. The number of aliphatic carboxylic acids is 1. The zero-order valence-electron chi connectivity index (χ0n) is 70.2. The molecule has 0 radical (unpaired) electrons. The summed E-state index contributed by atoms with van der Waals surface area (Å²) in [7, 11) is -5.65. The Morgan fingerprint density at radius 1 is 0.415 bits per heavy atom. The molecule has 6 aromatic rings. The highest BCUT2D eigenvalue weighted by atomic mass is 35.5. The van der Waals surface area contributed by atoms with Crippen LogP contribution in [0.3, 0.4) is 0 Å². The number of benzene rings is 6. The van der Waals surface area contributed by atoms with Crippen LogP contribution in [0.4, 0.5) is 4.79 Å². The van der Waals surface area contributed by atoms with Crippen molar-refractivity contribution in [3.05, 3.63) is 190 Å². The first-order chi connectivity index (χ1) is 58.9. The van der Waals surface area contributed by atoms with Crippen LogP contribution in [0.25, 0.3) is 0 Å². The molecule has 7 N–H and O–H groups in total. The topological polar surface area (TPSA) is 355 Å². The van der Waals surface area contributed by atoms with E-state index in [1.807, 2.05) is 64.5 Å². The molecule has 3 heterocycles. The lowest BCUT2D eigenvalue weighted by atomic mass is 9.83. The maximum atomic E-state index is 13.6. The Bertz CT molecular complexity index is 4680. The number of carboxylic acids is 1. The number of sulfonamides is 3. The van der Waals surface area contributed by atoms with Crippen molar-refractivity contribution in [2.45, 2.75) is 148 Å². The number of ether oxygens (including phenoxy) is 7. The number of likely N-dealkylation sites (N-methyl/N-ethyl adjacent to an activating group) is 3. The highest BCUT2D eigenvalue weighted by Crippen LogP contribution is 2.42. The van der Waals surface area contributed by atoms with E-state index in [2.05, 4.69) is 50.9 Å². The van der Waals surface area contributed by atoms with E-state index in [4.69, 9.17) is 91.2 Å². The zero-order valence-corrected chi connectivity index (χ0v) is 76.5. The molecule has 0 aromatic heterocycles. The van der Waals surface area contributed by atoms with Crippen molar-refractivity contribution in [2.24, 2.45) is 0 Å². The largest absolute Gasteiger partial charge is 0.480 e. The Morgan fingerprint density at radius 2 is 0.772 bits per heavy atom. The summed E-state index contributed by atoms with van der Waals surface area (Å²) >= 11 is 32.6. The van der Waals surface area contributed by atoms with Gasteiger partial charge < -0.3 is 68.9 Å². The summed E-state index contributed by atoms with van der Waals surface area (Å²) in [6, 6.07) is 31.4. The Morgan fingerprint density at radius 3 is 1.17 bits per heavy atom. The smallest absolute Gasteiger partial charge is 0.329 e. The number of nitrogens with zero attached hydrogens (tertiary/aromatic N) is 3. The third-order valence-electron chi connectivity index (χ3n) is 21.6. The average Bonchev–Trinajstić information content (AvgIpc) is 0.780. The Labute approximate surface area is 748 Å². The maximum Gasteiger partial charge on any atom is 0.329 e. The van der Waals surface area contributed by atoms with E-state index in [0.29, 0.717) is 116 Å². The van der Waals surface area contributed by atoms with Gasteiger partial charge in [0.25, 0.3) is 0 Å². The molecular formula is C87H116Cl5N9O19S3. The van der Waals surface area contributed by atoms with Crippen LogP contribution in [-0.2, 0) is 102 Å². The molecule has 3 aliphatic heterocycles. The SMILES string of the molecule is Cc1cc(Cl)c2c(c1)[C@H](c1cccc(S(=O)(=O)NCCOCCOCCCC(=O)CCCCC(CCCCC(=O)CCCOCCOCCNS(=O)(=O)c3cccc([C@@H]4CN(C)Cc5c(Cl)cc(Cl)cc54)c3)(CCNC(=O)NCCOCCOCCNS(=O)(=O)c3cccc([C@@H]4CN(C)Cc5c(Cl)cc(Cl)cc54)c3)NC(=O)COCC(=O)O)c1)CN(C)C2. The normalized spacial score (nSPS) is 16.3. The van der Waals surface area contributed by atoms with E-state index in [-0.39, 0.29) is 188 Å². The first-order valence-electron chi connectivity index (χ1n) is 41.6. The van der Waals surface area contributed by atoms with Gasteiger partial charge in [-0.15, -0.1) is 0 Å². The van der Waals surface area contributed by atoms with Gasteiger partial charge in [-0.05, 0) is 195 Å². The molecule has 0 spiro atoms. The van der Waals surface area contributed by atoms with Crippen molar-refractivity contribution < 1.29 is 87.5 Å². The zero-order chi connectivity index (χ0) is 88.5. The molecule has 0 aliphatic carbocycles. The highest BCUT2D eigenvalue weighted by Gasteiger charge is 2.35. The predicted molar refractivity (Wildman–Crippen MR) is 474 cm³/mol. The van der Waals surface area contributed by atoms with E-state index < -0.39 is 66.7 Å². The summed E-state index contributed by atoms with van der Waals surface area (Å²) in [6.45, 7) is 7.08. The van der Waals surface area contributed by atoms with Crippen molar-refractivity contribution in [1.82, 2.24) is 44.8 Å². The number of amides is 3. The summed E-state index contributed by atoms with van der Waals surface area (Å²) in [4.78, 5) is 71.5. The second-order valence-electron chi connectivity index (χ2n) is 31.4. The number of nitrogens with one attached hydrogen (secondary N) is 6. The number of hydrogen-bond donors (Lipinski definition) is 7. The first kappa shape index (κ1) is 100. The number of halogens is 5. The molecule has 0 fully saturated rings. The molecule has 3 amide bonds. The molecule has 9 rings (SSSR count). The quantitative estimate of drug-likeness (QED) is 0.0174. The van der Waals surface area contributed by atoms with Crippen LogP contribution >= 0.6 is 58.0 Å². The van der Waals surface area contributed by atoms with Crippen LogP contribution in [-0.4, -0.2) is 246 Å². The van der Waals surface area contributed by atoms with Crippen molar-refractivity contribution in [3.63, 3.8) is 0 Å². The summed E-state index contributed by atoms with van der Waals surface area (Å²) in [5, 5.41) is 20.8. The maximum absolute atomic E-state index is 13.6. The summed E-state index contributed by atoms with van der Waals surface area (Å²) in [6.07, 6.45) is 4.65. The minimum absolute atomic E-state index is 0.00159. The summed E-state index contributed by atoms with van der Waals surface area (Å²) in [5.41, 5.74) is 8.52. The van der Waals surface area contributed by atoms with Crippen molar-refractivity contribution in [3.8, 4) is 0 Å². The number of ketones is 2. The van der Waals surface area contributed by atoms with Crippen LogP contribution < -0.4 is 30.1 Å². The lowest BCUT2D eigenvalue weighted by Gasteiger charge is -2.36. The molecule has 123 heavy (non-hydrogen) atoms. The second-order valence-corrected chi connectivity index (χ2v) is 38.8. The standard InChI is InChI=1S/C87H116Cl5N9O19S3/c1-61-44-72-75(53-99(2)56-78(72)81(90)45-61)62-14-9-21-69(46-62)121(108,109)95-29-35-117-40-38-114-32-12-19-67(102)17-5-7-24-87(98-84(104)59-120-60-85(105)106,26-27-93-86(107)94-28-34-116-42-43-119-37-31-97-123(112,113)71-23-11-16-64(48-71)77-55-101(4)58-80-74(77)50-66(89)52-83(80)92)25-8-6-18-68(103)20-13-33-115-39-41-118-36-30-96-122(110,111)70-22-10-15-63(47-70)76-54-100(3)57-79-73(76)49-65(88)51-82(79)91/h9-11,14-16,21-23,44-52,75-77,95-97H,5-8,12-13,17-20,24-43,53-60H2,1-4H3,(H,98,104)(H,105,106)(H2,93,94,107)/t75-,76-,77-,87?/m0/s1. The van der Waals surface area contributed by atoms with Crippen LogP contribution in [0, 0.1) is 6.92 Å². The van der Waals surface area contributed by atoms with Gasteiger partial charge in [-0.2, -0.15) is 0 Å². The monoisotopic (exact) mass is 1860 g/mol. The fourth-order valence-electron chi connectivity index (χ4n) is 15.6. The van der Waals surface area contributed by atoms with Gasteiger partial charge >= 0.3 is 12.0 Å². The average molecular weight is 1870 g/mol. The third-order valence-corrected chi connectivity index (χ3v) is 27.4. The molecule has 676 valence electrons. The number of Topliss-reactive ketones (excluding diaryl/α,β-unsaturated/α-hetero) is 2. The lowest BCUT2D eigenvalue weighted by Crippen LogP contribution is -2.52.